The zero-order chi connectivity index (χ0) is 13.8. The van der Waals surface area contributed by atoms with Crippen LogP contribution in [0, 0.1) is 0 Å². The maximum absolute atomic E-state index is 11.2. The van der Waals surface area contributed by atoms with Gasteiger partial charge in [-0.1, -0.05) is 20.8 Å². The second-order valence-corrected chi connectivity index (χ2v) is 6.52. The van der Waals surface area contributed by atoms with E-state index in [0.29, 0.717) is 19.4 Å². The molecule has 1 heterocycles. The number of alkyl halides is 1. The van der Waals surface area contributed by atoms with Gasteiger partial charge in [-0.2, -0.15) is 0 Å². The van der Waals surface area contributed by atoms with Gasteiger partial charge in [-0.15, -0.1) is 22.9 Å². The number of nitrogens with zero attached hydrogens (tertiary/aromatic N) is 1. The van der Waals surface area contributed by atoms with Crippen molar-refractivity contribution in [2.45, 2.75) is 51.3 Å². The first kappa shape index (κ1) is 15.4. The highest BCUT2D eigenvalue weighted by molar-refractivity contribution is 7.09. The SMILES string of the molecule is CCOC(=O)CCC(Cl)c1csc(C(C)(C)C)n1. The molecule has 0 radical (unpaired) electrons. The molecule has 1 aromatic heterocycles. The van der Waals surface area contributed by atoms with Crippen LogP contribution in [0.1, 0.15) is 56.6 Å². The minimum absolute atomic E-state index is 0.0423. The van der Waals surface area contributed by atoms with E-state index >= 15 is 0 Å². The van der Waals surface area contributed by atoms with Gasteiger partial charge in [-0.25, -0.2) is 4.98 Å². The summed E-state index contributed by atoms with van der Waals surface area (Å²) in [4.78, 5) is 15.8. The fourth-order valence-corrected chi connectivity index (χ4v) is 2.66. The van der Waals surface area contributed by atoms with Gasteiger partial charge in [0.15, 0.2) is 0 Å². The number of rotatable bonds is 5. The number of thiazole rings is 1. The highest BCUT2D eigenvalue weighted by Gasteiger charge is 2.21. The first-order chi connectivity index (χ1) is 8.34. The molecule has 1 aromatic rings. The molecule has 0 saturated carbocycles. The smallest absolute Gasteiger partial charge is 0.305 e. The van der Waals surface area contributed by atoms with Gasteiger partial charge in [-0.05, 0) is 13.3 Å². The number of ether oxygens (including phenoxy) is 1. The largest absolute Gasteiger partial charge is 0.466 e. The summed E-state index contributed by atoms with van der Waals surface area (Å²) < 4.78 is 4.87. The molecule has 0 aliphatic heterocycles. The quantitative estimate of drug-likeness (QED) is 0.606. The van der Waals surface area contributed by atoms with Crippen molar-refractivity contribution in [2.75, 3.05) is 6.61 Å². The number of halogens is 1. The van der Waals surface area contributed by atoms with E-state index in [-0.39, 0.29) is 16.8 Å². The van der Waals surface area contributed by atoms with Crippen LogP contribution in [-0.2, 0) is 14.9 Å². The number of hydrogen-bond donors (Lipinski definition) is 0. The Morgan fingerprint density at radius 3 is 2.72 bits per heavy atom. The van der Waals surface area contributed by atoms with E-state index in [9.17, 15) is 4.79 Å². The monoisotopic (exact) mass is 289 g/mol. The third-order valence-corrected chi connectivity index (χ3v) is 4.12. The summed E-state index contributed by atoms with van der Waals surface area (Å²) in [5.74, 6) is -0.200. The van der Waals surface area contributed by atoms with E-state index in [4.69, 9.17) is 16.3 Å². The van der Waals surface area contributed by atoms with Crippen molar-refractivity contribution in [3.63, 3.8) is 0 Å². The molecule has 0 amide bonds. The average Bonchev–Trinajstić information content (AvgIpc) is 2.75. The lowest BCUT2D eigenvalue weighted by molar-refractivity contribution is -0.143. The molecule has 0 aliphatic rings. The van der Waals surface area contributed by atoms with Gasteiger partial charge in [0.25, 0.3) is 0 Å². The van der Waals surface area contributed by atoms with Crippen LogP contribution >= 0.6 is 22.9 Å². The van der Waals surface area contributed by atoms with Crippen LogP contribution in [0.2, 0.25) is 0 Å². The highest BCUT2D eigenvalue weighted by Crippen LogP contribution is 2.31. The van der Waals surface area contributed by atoms with Gasteiger partial charge in [0, 0.05) is 17.2 Å². The van der Waals surface area contributed by atoms with Crippen LogP contribution in [-0.4, -0.2) is 17.6 Å². The van der Waals surface area contributed by atoms with Crippen LogP contribution in [0.25, 0.3) is 0 Å². The summed E-state index contributed by atoms with van der Waals surface area (Å²) >= 11 is 7.87. The normalized spacial score (nSPS) is 13.4. The van der Waals surface area contributed by atoms with Crippen molar-refractivity contribution in [2.24, 2.45) is 0 Å². The van der Waals surface area contributed by atoms with Crippen LogP contribution in [0.5, 0.6) is 0 Å². The predicted octanol–water partition coefficient (Wildman–Crippen LogP) is 4.06. The molecule has 1 atom stereocenters. The van der Waals surface area contributed by atoms with E-state index in [1.807, 2.05) is 5.38 Å². The molecule has 0 N–H and O–H groups in total. The van der Waals surface area contributed by atoms with Crippen molar-refractivity contribution in [3.8, 4) is 0 Å². The number of carbonyl (C=O) groups is 1. The summed E-state index contributed by atoms with van der Waals surface area (Å²) in [7, 11) is 0. The van der Waals surface area contributed by atoms with Gasteiger partial charge in [-0.3, -0.25) is 4.79 Å². The Bertz CT molecular complexity index is 398. The van der Waals surface area contributed by atoms with Gasteiger partial charge < -0.3 is 4.74 Å². The lowest BCUT2D eigenvalue weighted by atomic mass is 9.98. The first-order valence-electron chi connectivity index (χ1n) is 6.10. The molecule has 5 heteroatoms. The fraction of sp³-hybridized carbons (Fsp3) is 0.692. The number of carbonyl (C=O) groups excluding carboxylic acids is 1. The van der Waals surface area contributed by atoms with Crippen LogP contribution in [0.15, 0.2) is 5.38 Å². The molecule has 3 nitrogen and oxygen atoms in total. The average molecular weight is 290 g/mol. The molecular weight excluding hydrogens is 270 g/mol. The van der Waals surface area contributed by atoms with Crippen LogP contribution in [0.3, 0.4) is 0 Å². The molecule has 0 spiro atoms. The van der Waals surface area contributed by atoms with Crippen molar-refractivity contribution in [1.29, 1.82) is 0 Å². The molecule has 0 aromatic carbocycles. The second-order valence-electron chi connectivity index (χ2n) is 5.14. The lowest BCUT2D eigenvalue weighted by Crippen LogP contribution is -2.11. The Kier molecular flexibility index (Phi) is 5.60. The molecular formula is C13H20ClNO2S. The summed E-state index contributed by atoms with van der Waals surface area (Å²) in [5.41, 5.74) is 0.900. The van der Waals surface area contributed by atoms with E-state index < -0.39 is 0 Å². The van der Waals surface area contributed by atoms with Crippen molar-refractivity contribution >= 4 is 28.9 Å². The zero-order valence-electron chi connectivity index (χ0n) is 11.3. The summed E-state index contributed by atoms with van der Waals surface area (Å²) in [5, 5.41) is 2.82. The van der Waals surface area contributed by atoms with E-state index in [2.05, 4.69) is 25.8 Å². The number of hydrogen-bond acceptors (Lipinski definition) is 4. The second kappa shape index (κ2) is 6.53. The molecule has 18 heavy (non-hydrogen) atoms. The Labute approximate surface area is 118 Å². The number of esters is 1. The minimum atomic E-state index is -0.221. The van der Waals surface area contributed by atoms with Gasteiger partial charge in [0.05, 0.1) is 22.7 Å². The van der Waals surface area contributed by atoms with E-state index in [1.165, 1.54) is 0 Å². The predicted molar refractivity (Wildman–Crippen MR) is 75.3 cm³/mol. The van der Waals surface area contributed by atoms with Crippen LogP contribution < -0.4 is 0 Å². The van der Waals surface area contributed by atoms with Gasteiger partial charge >= 0.3 is 5.97 Å². The van der Waals surface area contributed by atoms with E-state index in [0.717, 1.165) is 10.7 Å². The molecule has 0 bridgehead atoms. The molecule has 1 rings (SSSR count). The van der Waals surface area contributed by atoms with Crippen molar-refractivity contribution in [3.05, 3.63) is 16.1 Å². The summed E-state index contributed by atoms with van der Waals surface area (Å²) in [6.45, 7) is 8.58. The van der Waals surface area contributed by atoms with Gasteiger partial charge in [0.2, 0.25) is 0 Å². The van der Waals surface area contributed by atoms with Crippen molar-refractivity contribution in [1.82, 2.24) is 4.98 Å². The lowest BCUT2D eigenvalue weighted by Gasteiger charge is -2.14. The highest BCUT2D eigenvalue weighted by atomic mass is 35.5. The molecule has 0 saturated heterocycles. The maximum Gasteiger partial charge on any atom is 0.305 e. The molecule has 0 fully saturated rings. The zero-order valence-corrected chi connectivity index (χ0v) is 12.9. The Morgan fingerprint density at radius 1 is 1.56 bits per heavy atom. The minimum Gasteiger partial charge on any atom is -0.466 e. The fourth-order valence-electron chi connectivity index (χ4n) is 1.40. The summed E-state index contributed by atoms with van der Waals surface area (Å²) in [6.07, 6.45) is 0.901. The number of aromatic nitrogens is 1. The van der Waals surface area contributed by atoms with Crippen LogP contribution in [0.4, 0.5) is 0 Å². The molecule has 0 aliphatic carbocycles. The third kappa shape index (κ3) is 4.58. The standard InChI is InChI=1S/C13H20ClNO2S/c1-5-17-11(16)7-6-9(14)10-8-18-12(15-10)13(2,3)4/h8-9H,5-7H2,1-4H3. The van der Waals surface area contributed by atoms with Crippen molar-refractivity contribution < 1.29 is 9.53 Å². The Morgan fingerprint density at radius 2 is 2.22 bits per heavy atom. The topological polar surface area (TPSA) is 39.2 Å². The Balaban J connectivity index is 2.54. The first-order valence-corrected chi connectivity index (χ1v) is 7.41. The molecule has 1 unspecified atom stereocenters. The van der Waals surface area contributed by atoms with E-state index in [1.54, 1.807) is 18.3 Å². The molecule has 102 valence electrons. The third-order valence-electron chi connectivity index (χ3n) is 2.39. The summed E-state index contributed by atoms with van der Waals surface area (Å²) in [6, 6.07) is 0. The van der Waals surface area contributed by atoms with Gasteiger partial charge in [0.1, 0.15) is 0 Å². The Hall–Kier alpha value is -0.610. The maximum atomic E-state index is 11.2.